The minimum absolute atomic E-state index is 0.00646. The van der Waals surface area contributed by atoms with Crippen LogP contribution < -0.4 is 4.90 Å². The van der Waals surface area contributed by atoms with E-state index in [1.54, 1.807) is 45.0 Å². The zero-order valence-corrected chi connectivity index (χ0v) is 20.9. The Hall–Kier alpha value is -3.28. The van der Waals surface area contributed by atoms with Crippen LogP contribution in [0.25, 0.3) is 5.70 Å². The Balaban J connectivity index is 1.67. The maximum atomic E-state index is 13.6. The fourth-order valence-corrected chi connectivity index (χ4v) is 5.24. The molecule has 9 heteroatoms. The van der Waals surface area contributed by atoms with Gasteiger partial charge in [0.1, 0.15) is 22.5 Å². The lowest BCUT2D eigenvalue weighted by molar-refractivity contribution is -0.139. The van der Waals surface area contributed by atoms with Crippen molar-refractivity contribution in [2.75, 3.05) is 31.1 Å². The summed E-state index contributed by atoms with van der Waals surface area (Å²) >= 11 is 7.52. The Morgan fingerprint density at radius 2 is 1.71 bits per heavy atom. The van der Waals surface area contributed by atoms with Gasteiger partial charge in [0.25, 0.3) is 5.91 Å². The molecule has 6 nitrogen and oxygen atoms in total. The molecule has 0 saturated carbocycles. The van der Waals surface area contributed by atoms with Crippen LogP contribution in [0.15, 0.2) is 64.5 Å². The minimum Gasteiger partial charge on any atom is -0.339 e. The van der Waals surface area contributed by atoms with Gasteiger partial charge in [-0.05, 0) is 48.0 Å². The average Bonchev–Trinajstić information content (AvgIpc) is 3.29. The van der Waals surface area contributed by atoms with Crippen LogP contribution in [0.5, 0.6) is 0 Å². The Morgan fingerprint density at radius 3 is 2.31 bits per heavy atom. The number of halogens is 2. The van der Waals surface area contributed by atoms with Gasteiger partial charge in [-0.1, -0.05) is 43.3 Å². The van der Waals surface area contributed by atoms with Crippen molar-refractivity contribution in [3.63, 3.8) is 0 Å². The van der Waals surface area contributed by atoms with Crippen LogP contribution in [0.2, 0.25) is 5.02 Å². The average molecular weight is 511 g/mol. The van der Waals surface area contributed by atoms with E-state index in [0.29, 0.717) is 47.6 Å². The van der Waals surface area contributed by atoms with E-state index in [0.717, 1.165) is 5.56 Å². The van der Waals surface area contributed by atoms with Crippen LogP contribution in [0.3, 0.4) is 0 Å². The van der Waals surface area contributed by atoms with Gasteiger partial charge >= 0.3 is 0 Å². The van der Waals surface area contributed by atoms with Gasteiger partial charge in [-0.25, -0.2) is 4.39 Å². The number of hydrogen-bond donors (Lipinski definition) is 0. The Bertz CT molecular complexity index is 1240. The zero-order chi connectivity index (χ0) is 25.1. The molecule has 2 aliphatic heterocycles. The van der Waals surface area contributed by atoms with Crippen molar-refractivity contribution in [1.82, 2.24) is 9.80 Å². The number of hydrogen-bond acceptors (Lipinski definition) is 5. The Labute approximate surface area is 213 Å². The molecule has 2 aromatic rings. The zero-order valence-electron chi connectivity index (χ0n) is 19.4. The lowest BCUT2D eigenvalue weighted by Crippen LogP contribution is -2.52. The van der Waals surface area contributed by atoms with Crippen molar-refractivity contribution in [3.8, 4) is 6.07 Å². The Kier molecular flexibility index (Phi) is 7.48. The summed E-state index contributed by atoms with van der Waals surface area (Å²) < 4.78 is 13.6. The first-order chi connectivity index (χ1) is 16.8. The summed E-state index contributed by atoms with van der Waals surface area (Å²) in [7, 11) is 0. The van der Waals surface area contributed by atoms with Crippen LogP contribution in [0.1, 0.15) is 19.4 Å². The summed E-state index contributed by atoms with van der Waals surface area (Å²) in [6, 6.07) is 15.3. The van der Waals surface area contributed by atoms with E-state index in [9.17, 15) is 19.2 Å². The minimum atomic E-state index is -0.382. The van der Waals surface area contributed by atoms with E-state index in [1.165, 1.54) is 23.9 Å². The molecule has 180 valence electrons. The first kappa shape index (κ1) is 24.8. The SMILES string of the molecule is CC(C)C(=O)N1CCN(C(=O)C(C#N)=C2SC=C(c3ccc(F)cc3)N2c2cccc(Cl)c2)CC1. The van der Waals surface area contributed by atoms with Crippen LogP contribution >= 0.6 is 23.4 Å². The van der Waals surface area contributed by atoms with E-state index in [1.807, 2.05) is 25.3 Å². The van der Waals surface area contributed by atoms with Crippen molar-refractivity contribution in [3.05, 3.63) is 80.9 Å². The molecule has 0 unspecified atom stereocenters. The molecule has 2 heterocycles. The molecule has 2 aromatic carbocycles. The van der Waals surface area contributed by atoms with Gasteiger partial charge in [-0.2, -0.15) is 5.26 Å². The van der Waals surface area contributed by atoms with Crippen molar-refractivity contribution in [2.24, 2.45) is 5.92 Å². The Morgan fingerprint density at radius 1 is 1.06 bits per heavy atom. The first-order valence-corrected chi connectivity index (χ1v) is 12.5. The van der Waals surface area contributed by atoms with E-state index >= 15 is 0 Å². The summed E-state index contributed by atoms with van der Waals surface area (Å²) in [6.07, 6.45) is 0. The van der Waals surface area contributed by atoms with Crippen molar-refractivity contribution >= 4 is 46.6 Å². The molecule has 0 aliphatic carbocycles. The molecular formula is C26H24ClFN4O2S. The van der Waals surface area contributed by atoms with Gasteiger partial charge in [0, 0.05) is 48.2 Å². The van der Waals surface area contributed by atoms with Crippen LogP contribution in [0.4, 0.5) is 10.1 Å². The largest absolute Gasteiger partial charge is 0.339 e. The standard InChI is InChI=1S/C26H24ClFN4O2S/c1-17(2)24(33)30-10-12-31(13-11-30)25(34)22(15-29)26-32(21-5-3-4-19(27)14-21)23(16-35-26)18-6-8-20(28)9-7-18/h3-9,14,16-17H,10-13H2,1-2H3. The van der Waals surface area contributed by atoms with Crippen LogP contribution in [0, 0.1) is 23.1 Å². The summed E-state index contributed by atoms with van der Waals surface area (Å²) in [4.78, 5) is 30.9. The van der Waals surface area contributed by atoms with Crippen molar-refractivity contribution in [1.29, 1.82) is 5.26 Å². The maximum absolute atomic E-state index is 13.6. The molecular weight excluding hydrogens is 487 g/mol. The monoisotopic (exact) mass is 510 g/mol. The summed E-state index contributed by atoms with van der Waals surface area (Å²) in [5, 5.41) is 12.9. The lowest BCUT2D eigenvalue weighted by Gasteiger charge is -2.36. The number of nitriles is 1. The van der Waals surface area contributed by atoms with Gasteiger partial charge in [0.2, 0.25) is 5.91 Å². The summed E-state index contributed by atoms with van der Waals surface area (Å²) in [6.45, 7) is 5.28. The highest BCUT2D eigenvalue weighted by molar-refractivity contribution is 8.06. The van der Waals surface area contributed by atoms with Crippen LogP contribution in [-0.2, 0) is 9.59 Å². The van der Waals surface area contributed by atoms with E-state index in [2.05, 4.69) is 6.07 Å². The number of piperazine rings is 1. The van der Waals surface area contributed by atoms with Gasteiger partial charge in [0.15, 0.2) is 0 Å². The molecule has 2 amide bonds. The molecule has 0 aromatic heterocycles. The molecule has 1 fully saturated rings. The number of nitrogens with zero attached hydrogens (tertiary/aromatic N) is 4. The molecule has 1 saturated heterocycles. The van der Waals surface area contributed by atoms with E-state index in [4.69, 9.17) is 11.6 Å². The molecule has 0 atom stereocenters. The number of carbonyl (C=O) groups excluding carboxylic acids is 2. The van der Waals surface area contributed by atoms with Crippen LogP contribution in [-0.4, -0.2) is 47.8 Å². The maximum Gasteiger partial charge on any atom is 0.267 e. The third-order valence-corrected chi connectivity index (χ3v) is 7.03. The smallest absolute Gasteiger partial charge is 0.267 e. The van der Waals surface area contributed by atoms with Gasteiger partial charge in [-0.3, -0.25) is 9.59 Å². The molecule has 0 spiro atoms. The van der Waals surface area contributed by atoms with Gasteiger partial charge in [-0.15, -0.1) is 0 Å². The highest BCUT2D eigenvalue weighted by Gasteiger charge is 2.33. The number of benzene rings is 2. The molecule has 2 aliphatic rings. The fraction of sp³-hybridized carbons (Fsp3) is 0.269. The predicted molar refractivity (Wildman–Crippen MR) is 137 cm³/mol. The first-order valence-electron chi connectivity index (χ1n) is 11.2. The lowest BCUT2D eigenvalue weighted by atomic mass is 10.1. The second kappa shape index (κ2) is 10.5. The number of thioether (sulfide) groups is 1. The van der Waals surface area contributed by atoms with E-state index in [-0.39, 0.29) is 29.1 Å². The molecule has 0 radical (unpaired) electrons. The van der Waals surface area contributed by atoms with Crippen molar-refractivity contribution in [2.45, 2.75) is 13.8 Å². The van der Waals surface area contributed by atoms with Crippen molar-refractivity contribution < 1.29 is 14.0 Å². The molecule has 4 rings (SSSR count). The number of amides is 2. The fourth-order valence-electron chi connectivity index (χ4n) is 4.03. The normalized spacial score (nSPS) is 17.4. The molecule has 35 heavy (non-hydrogen) atoms. The third-order valence-electron chi connectivity index (χ3n) is 5.84. The third kappa shape index (κ3) is 5.21. The second-order valence-corrected chi connectivity index (χ2v) is 9.80. The quantitative estimate of drug-likeness (QED) is 0.423. The number of carbonyl (C=O) groups is 2. The molecule has 0 bridgehead atoms. The predicted octanol–water partition coefficient (Wildman–Crippen LogP) is 5.09. The highest BCUT2D eigenvalue weighted by Crippen LogP contribution is 2.45. The van der Waals surface area contributed by atoms with Gasteiger partial charge < -0.3 is 14.7 Å². The van der Waals surface area contributed by atoms with E-state index < -0.39 is 0 Å². The summed E-state index contributed by atoms with van der Waals surface area (Å²) in [5.74, 6) is -0.783. The second-order valence-electron chi connectivity index (χ2n) is 8.51. The topological polar surface area (TPSA) is 67.6 Å². The molecule has 0 N–H and O–H groups in total. The summed E-state index contributed by atoms with van der Waals surface area (Å²) in [5.41, 5.74) is 2.13. The highest BCUT2D eigenvalue weighted by atomic mass is 35.5. The van der Waals surface area contributed by atoms with Gasteiger partial charge in [0.05, 0.1) is 5.70 Å². The number of anilines is 1. The number of rotatable bonds is 4.